The normalized spacial score (nSPS) is 10.3. The van der Waals surface area contributed by atoms with Gasteiger partial charge in [-0.3, -0.25) is 4.79 Å². The van der Waals surface area contributed by atoms with Gasteiger partial charge in [-0.15, -0.1) is 0 Å². The van der Waals surface area contributed by atoms with Crippen LogP contribution in [0.2, 0.25) is 0 Å². The van der Waals surface area contributed by atoms with E-state index in [0.717, 1.165) is 0 Å². The van der Waals surface area contributed by atoms with Gasteiger partial charge >= 0.3 is 11.9 Å². The van der Waals surface area contributed by atoms with Crippen molar-refractivity contribution >= 4 is 11.9 Å². The maximum atomic E-state index is 12.2. The standard InChI is InChI=1S/C16H12N2O5/c1-10-13(14(17-22-10)11-6-3-2-4-7-11)16(20)23-18-15(19)12-8-5-9-21-12/h2-9H,1H3,(H,18,19). The first-order valence-corrected chi connectivity index (χ1v) is 6.73. The Morgan fingerprint density at radius 2 is 1.91 bits per heavy atom. The topological polar surface area (TPSA) is 94.6 Å². The van der Waals surface area contributed by atoms with Crippen LogP contribution >= 0.6 is 0 Å². The van der Waals surface area contributed by atoms with Crippen LogP contribution in [0.1, 0.15) is 26.7 Å². The van der Waals surface area contributed by atoms with Gasteiger partial charge in [0.2, 0.25) is 0 Å². The van der Waals surface area contributed by atoms with E-state index in [4.69, 9.17) is 13.8 Å². The van der Waals surface area contributed by atoms with E-state index < -0.39 is 11.9 Å². The van der Waals surface area contributed by atoms with Gasteiger partial charge < -0.3 is 13.8 Å². The molecule has 2 aromatic heterocycles. The molecule has 1 N–H and O–H groups in total. The zero-order valence-corrected chi connectivity index (χ0v) is 12.1. The van der Waals surface area contributed by atoms with Crippen molar-refractivity contribution in [1.29, 1.82) is 0 Å². The third-order valence-corrected chi connectivity index (χ3v) is 3.10. The summed E-state index contributed by atoms with van der Waals surface area (Å²) in [4.78, 5) is 28.7. The van der Waals surface area contributed by atoms with Crippen molar-refractivity contribution in [1.82, 2.24) is 10.6 Å². The molecule has 2 heterocycles. The lowest BCUT2D eigenvalue weighted by Crippen LogP contribution is -2.27. The molecule has 0 aliphatic carbocycles. The summed E-state index contributed by atoms with van der Waals surface area (Å²) in [6, 6.07) is 12.0. The molecule has 0 radical (unpaired) electrons. The van der Waals surface area contributed by atoms with E-state index in [0.29, 0.717) is 17.0 Å². The number of carbonyl (C=O) groups is 2. The second-order valence-electron chi connectivity index (χ2n) is 4.63. The summed E-state index contributed by atoms with van der Waals surface area (Å²) in [5.74, 6) is -1.12. The number of rotatable bonds is 3. The van der Waals surface area contributed by atoms with Crippen molar-refractivity contribution in [3.8, 4) is 11.3 Å². The van der Waals surface area contributed by atoms with Crippen molar-refractivity contribution in [3.05, 3.63) is 65.8 Å². The van der Waals surface area contributed by atoms with Gasteiger partial charge in [0.15, 0.2) is 5.76 Å². The fraction of sp³-hybridized carbons (Fsp3) is 0.0625. The van der Waals surface area contributed by atoms with E-state index in [9.17, 15) is 9.59 Å². The summed E-state index contributed by atoms with van der Waals surface area (Å²) in [5, 5.41) is 3.88. The fourth-order valence-electron chi connectivity index (χ4n) is 2.01. The van der Waals surface area contributed by atoms with Gasteiger partial charge in [0.1, 0.15) is 17.0 Å². The molecule has 0 unspecified atom stereocenters. The molecule has 7 nitrogen and oxygen atoms in total. The summed E-state index contributed by atoms with van der Waals surface area (Å²) in [7, 11) is 0. The number of benzene rings is 1. The molecule has 0 bridgehead atoms. The number of furan rings is 1. The molecule has 0 spiro atoms. The minimum Gasteiger partial charge on any atom is -0.459 e. The Morgan fingerprint density at radius 3 is 2.61 bits per heavy atom. The Labute approximate surface area is 130 Å². The lowest BCUT2D eigenvalue weighted by molar-refractivity contribution is 0.0219. The molecular weight excluding hydrogens is 300 g/mol. The van der Waals surface area contributed by atoms with E-state index in [1.807, 2.05) is 23.7 Å². The molecule has 1 amide bonds. The number of hydrogen-bond acceptors (Lipinski definition) is 6. The Kier molecular flexibility index (Phi) is 3.92. The quantitative estimate of drug-likeness (QED) is 0.747. The Bertz CT molecular complexity index is 822. The number of carbonyl (C=O) groups excluding carboxylic acids is 2. The Hall–Kier alpha value is -3.35. The second-order valence-corrected chi connectivity index (χ2v) is 4.63. The van der Waals surface area contributed by atoms with Crippen LogP contribution in [-0.2, 0) is 4.84 Å². The molecule has 116 valence electrons. The third-order valence-electron chi connectivity index (χ3n) is 3.10. The molecule has 0 fully saturated rings. The number of aryl methyl sites for hydroxylation is 1. The number of amides is 1. The van der Waals surface area contributed by atoms with Gasteiger partial charge in [0.05, 0.1) is 6.26 Å². The maximum Gasteiger partial charge on any atom is 0.368 e. The molecule has 0 aliphatic heterocycles. The first kappa shape index (κ1) is 14.6. The molecule has 0 saturated carbocycles. The van der Waals surface area contributed by atoms with Gasteiger partial charge in [-0.25, -0.2) is 4.79 Å². The maximum absolute atomic E-state index is 12.2. The van der Waals surface area contributed by atoms with E-state index in [-0.39, 0.29) is 11.3 Å². The predicted octanol–water partition coefficient (Wildman–Crippen LogP) is 2.74. The monoisotopic (exact) mass is 312 g/mol. The highest BCUT2D eigenvalue weighted by molar-refractivity contribution is 5.98. The summed E-state index contributed by atoms with van der Waals surface area (Å²) >= 11 is 0. The van der Waals surface area contributed by atoms with E-state index >= 15 is 0 Å². The zero-order valence-electron chi connectivity index (χ0n) is 12.1. The Morgan fingerprint density at radius 1 is 1.13 bits per heavy atom. The van der Waals surface area contributed by atoms with Crippen LogP contribution in [0.4, 0.5) is 0 Å². The molecule has 3 rings (SSSR count). The van der Waals surface area contributed by atoms with Crippen LogP contribution in [0.25, 0.3) is 11.3 Å². The van der Waals surface area contributed by atoms with Crippen molar-refractivity contribution in [2.75, 3.05) is 0 Å². The molecular formula is C16H12N2O5. The van der Waals surface area contributed by atoms with E-state index in [1.54, 1.807) is 25.1 Å². The van der Waals surface area contributed by atoms with Crippen LogP contribution in [0, 0.1) is 6.92 Å². The summed E-state index contributed by atoms with van der Waals surface area (Å²) < 4.78 is 9.97. The number of nitrogens with one attached hydrogen (secondary N) is 1. The van der Waals surface area contributed by atoms with E-state index in [2.05, 4.69) is 5.16 Å². The molecule has 3 aromatic rings. The number of hydrogen-bond donors (Lipinski definition) is 1. The molecule has 1 aromatic carbocycles. The molecule has 0 saturated heterocycles. The minimum absolute atomic E-state index is 0.0307. The van der Waals surface area contributed by atoms with Gasteiger partial charge in [-0.2, -0.15) is 5.48 Å². The van der Waals surface area contributed by atoms with Gasteiger partial charge in [-0.1, -0.05) is 35.5 Å². The van der Waals surface area contributed by atoms with Gasteiger partial charge in [0, 0.05) is 5.56 Å². The van der Waals surface area contributed by atoms with Crippen molar-refractivity contribution < 1.29 is 23.4 Å². The van der Waals surface area contributed by atoms with Crippen molar-refractivity contribution in [2.45, 2.75) is 6.92 Å². The fourth-order valence-corrected chi connectivity index (χ4v) is 2.01. The van der Waals surface area contributed by atoms with Crippen LogP contribution in [0.15, 0.2) is 57.7 Å². The number of aromatic nitrogens is 1. The van der Waals surface area contributed by atoms with Gasteiger partial charge in [0.25, 0.3) is 0 Å². The highest BCUT2D eigenvalue weighted by atomic mass is 16.7. The smallest absolute Gasteiger partial charge is 0.368 e. The highest BCUT2D eigenvalue weighted by Gasteiger charge is 2.24. The summed E-state index contributed by atoms with van der Waals surface area (Å²) in [6.45, 7) is 1.59. The van der Waals surface area contributed by atoms with Crippen LogP contribution in [-0.4, -0.2) is 17.0 Å². The lowest BCUT2D eigenvalue weighted by Gasteiger charge is -2.04. The highest BCUT2D eigenvalue weighted by Crippen LogP contribution is 2.25. The van der Waals surface area contributed by atoms with Crippen LogP contribution in [0.5, 0.6) is 0 Å². The number of hydroxylamine groups is 1. The molecule has 0 atom stereocenters. The van der Waals surface area contributed by atoms with Crippen molar-refractivity contribution in [2.24, 2.45) is 0 Å². The number of nitrogens with zero attached hydrogens (tertiary/aromatic N) is 1. The van der Waals surface area contributed by atoms with Crippen LogP contribution < -0.4 is 5.48 Å². The predicted molar refractivity (Wildman–Crippen MR) is 78.3 cm³/mol. The van der Waals surface area contributed by atoms with Gasteiger partial charge in [-0.05, 0) is 19.1 Å². The van der Waals surface area contributed by atoms with Crippen molar-refractivity contribution in [3.63, 3.8) is 0 Å². The summed E-state index contributed by atoms with van der Waals surface area (Å²) in [5.41, 5.74) is 3.23. The average molecular weight is 312 g/mol. The van der Waals surface area contributed by atoms with Crippen LogP contribution in [0.3, 0.4) is 0 Å². The largest absolute Gasteiger partial charge is 0.459 e. The zero-order chi connectivity index (χ0) is 16.2. The SMILES string of the molecule is Cc1onc(-c2ccccc2)c1C(=O)ONC(=O)c1ccco1. The molecule has 0 aliphatic rings. The first-order chi connectivity index (χ1) is 11.2. The average Bonchev–Trinajstić information content (AvgIpc) is 3.23. The second kappa shape index (κ2) is 6.18. The Balaban J connectivity index is 1.78. The first-order valence-electron chi connectivity index (χ1n) is 6.73. The van der Waals surface area contributed by atoms with E-state index in [1.165, 1.54) is 12.3 Å². The summed E-state index contributed by atoms with van der Waals surface area (Å²) in [6.07, 6.45) is 1.34. The molecule has 23 heavy (non-hydrogen) atoms. The third kappa shape index (κ3) is 2.98. The lowest BCUT2D eigenvalue weighted by atomic mass is 10.1. The minimum atomic E-state index is -0.775. The molecule has 7 heteroatoms.